The lowest BCUT2D eigenvalue weighted by Gasteiger charge is -2.36. The lowest BCUT2D eigenvalue weighted by atomic mass is 10.1. The third-order valence-corrected chi connectivity index (χ3v) is 5.55. The summed E-state index contributed by atoms with van der Waals surface area (Å²) >= 11 is 0. The maximum atomic E-state index is 12.6. The van der Waals surface area contributed by atoms with Crippen LogP contribution in [0.2, 0.25) is 0 Å². The second-order valence-corrected chi connectivity index (χ2v) is 7.94. The van der Waals surface area contributed by atoms with Crippen molar-refractivity contribution in [2.24, 2.45) is 0 Å². The molecule has 0 atom stereocenters. The Hall–Kier alpha value is -3.55. The standard InChI is InChI=1S/C24H30N6O2/c1-4-32-23-15-21(8-9-22(23)30-17-26-19(3)27-30)28-10-12-29(13-11-28)24(31)25-16-20-7-5-6-18(2)14-20/h5-9,14-15,17H,4,10-13,16H2,1-3H3,(H,25,31). The molecule has 168 valence electrons. The fraction of sp³-hybridized carbons (Fsp3) is 0.375. The summed E-state index contributed by atoms with van der Waals surface area (Å²) in [6, 6.07) is 14.3. The number of benzene rings is 2. The van der Waals surface area contributed by atoms with Crippen LogP contribution in [0.5, 0.6) is 5.75 Å². The second kappa shape index (κ2) is 9.72. The first kappa shape index (κ1) is 21.7. The van der Waals surface area contributed by atoms with Gasteiger partial charge in [0.15, 0.2) is 0 Å². The monoisotopic (exact) mass is 434 g/mol. The maximum Gasteiger partial charge on any atom is 0.317 e. The number of ether oxygens (including phenoxy) is 1. The second-order valence-electron chi connectivity index (χ2n) is 7.94. The highest BCUT2D eigenvalue weighted by Crippen LogP contribution is 2.29. The van der Waals surface area contributed by atoms with Gasteiger partial charge in [-0.05, 0) is 38.5 Å². The third-order valence-electron chi connectivity index (χ3n) is 5.55. The molecule has 32 heavy (non-hydrogen) atoms. The Labute approximate surface area is 188 Å². The molecule has 1 fully saturated rings. The highest BCUT2D eigenvalue weighted by molar-refractivity contribution is 5.74. The Kier molecular flexibility index (Phi) is 6.58. The van der Waals surface area contributed by atoms with Crippen molar-refractivity contribution in [1.29, 1.82) is 0 Å². The van der Waals surface area contributed by atoms with Crippen molar-refractivity contribution in [2.45, 2.75) is 27.3 Å². The van der Waals surface area contributed by atoms with Gasteiger partial charge >= 0.3 is 6.03 Å². The quantitative estimate of drug-likeness (QED) is 0.644. The minimum atomic E-state index is -0.0157. The lowest BCUT2D eigenvalue weighted by molar-refractivity contribution is 0.194. The van der Waals surface area contributed by atoms with Gasteiger partial charge in [-0.15, -0.1) is 0 Å². The van der Waals surface area contributed by atoms with Crippen LogP contribution in [-0.2, 0) is 6.54 Å². The van der Waals surface area contributed by atoms with E-state index in [2.05, 4.69) is 45.4 Å². The fourth-order valence-corrected chi connectivity index (χ4v) is 3.90. The number of nitrogens with one attached hydrogen (secondary N) is 1. The zero-order chi connectivity index (χ0) is 22.5. The molecule has 0 bridgehead atoms. The lowest BCUT2D eigenvalue weighted by Crippen LogP contribution is -2.51. The van der Waals surface area contributed by atoms with Crippen LogP contribution in [0.3, 0.4) is 0 Å². The predicted octanol–water partition coefficient (Wildman–Crippen LogP) is 3.31. The van der Waals surface area contributed by atoms with E-state index in [1.54, 1.807) is 11.0 Å². The number of hydrogen-bond acceptors (Lipinski definition) is 5. The van der Waals surface area contributed by atoms with Crippen molar-refractivity contribution in [3.8, 4) is 11.4 Å². The first-order valence-electron chi connectivity index (χ1n) is 11.0. The van der Waals surface area contributed by atoms with E-state index in [-0.39, 0.29) is 6.03 Å². The molecule has 8 heteroatoms. The van der Waals surface area contributed by atoms with Crippen LogP contribution in [0.15, 0.2) is 48.8 Å². The van der Waals surface area contributed by atoms with E-state index in [1.165, 1.54) is 5.56 Å². The molecule has 0 radical (unpaired) electrons. The molecule has 2 amide bonds. The minimum absolute atomic E-state index is 0.0157. The molecular weight excluding hydrogens is 404 g/mol. The highest BCUT2D eigenvalue weighted by Gasteiger charge is 2.22. The van der Waals surface area contributed by atoms with Gasteiger partial charge in [-0.1, -0.05) is 29.8 Å². The van der Waals surface area contributed by atoms with Crippen LogP contribution < -0.4 is 15.0 Å². The number of piperazine rings is 1. The number of nitrogens with zero attached hydrogens (tertiary/aromatic N) is 5. The summed E-state index contributed by atoms with van der Waals surface area (Å²) in [7, 11) is 0. The van der Waals surface area contributed by atoms with Crippen LogP contribution in [0.4, 0.5) is 10.5 Å². The van der Waals surface area contributed by atoms with E-state index < -0.39 is 0 Å². The predicted molar refractivity (Wildman–Crippen MR) is 124 cm³/mol. The number of carbonyl (C=O) groups is 1. The summed E-state index contributed by atoms with van der Waals surface area (Å²) < 4.78 is 7.62. The summed E-state index contributed by atoms with van der Waals surface area (Å²) in [6.45, 7) is 9.89. The maximum absolute atomic E-state index is 12.6. The molecule has 1 aliphatic rings. The van der Waals surface area contributed by atoms with Gasteiger partial charge in [-0.2, -0.15) is 5.10 Å². The number of aromatic nitrogens is 3. The largest absolute Gasteiger partial charge is 0.492 e. The average Bonchev–Trinajstić information content (AvgIpc) is 3.24. The van der Waals surface area contributed by atoms with E-state index >= 15 is 0 Å². The minimum Gasteiger partial charge on any atom is -0.492 e. The van der Waals surface area contributed by atoms with E-state index in [4.69, 9.17) is 4.74 Å². The average molecular weight is 435 g/mol. The van der Waals surface area contributed by atoms with Crippen LogP contribution in [0.25, 0.3) is 5.69 Å². The Morgan fingerprint density at radius 1 is 1.09 bits per heavy atom. The molecule has 1 aliphatic heterocycles. The van der Waals surface area contributed by atoms with E-state index in [1.807, 2.05) is 43.0 Å². The third kappa shape index (κ3) is 5.01. The van der Waals surface area contributed by atoms with Gasteiger partial charge in [0, 0.05) is 44.5 Å². The zero-order valence-corrected chi connectivity index (χ0v) is 18.9. The van der Waals surface area contributed by atoms with Gasteiger partial charge in [-0.25, -0.2) is 14.5 Å². The van der Waals surface area contributed by atoms with Gasteiger partial charge in [0.05, 0.1) is 6.61 Å². The molecule has 3 aromatic rings. The molecule has 0 unspecified atom stereocenters. The van der Waals surface area contributed by atoms with Gasteiger partial charge < -0.3 is 19.9 Å². The molecule has 4 rings (SSSR count). The van der Waals surface area contributed by atoms with E-state index in [9.17, 15) is 4.79 Å². The number of hydrogen-bond donors (Lipinski definition) is 1. The molecule has 0 aliphatic carbocycles. The molecule has 0 saturated carbocycles. The van der Waals surface area contributed by atoms with Gasteiger partial charge in [-0.3, -0.25) is 0 Å². The van der Waals surface area contributed by atoms with Crippen LogP contribution in [-0.4, -0.2) is 58.5 Å². The molecule has 1 N–H and O–H groups in total. The van der Waals surface area contributed by atoms with Crippen molar-refractivity contribution >= 4 is 11.7 Å². The van der Waals surface area contributed by atoms with Gasteiger partial charge in [0.2, 0.25) is 0 Å². The van der Waals surface area contributed by atoms with Crippen LogP contribution >= 0.6 is 0 Å². The summed E-state index contributed by atoms with van der Waals surface area (Å²) in [6.07, 6.45) is 1.70. The zero-order valence-electron chi connectivity index (χ0n) is 18.9. The van der Waals surface area contributed by atoms with E-state index in [0.29, 0.717) is 32.1 Å². The molecule has 1 aromatic heterocycles. The fourth-order valence-electron chi connectivity index (χ4n) is 3.90. The number of carbonyl (C=O) groups excluding carboxylic acids is 1. The first-order valence-corrected chi connectivity index (χ1v) is 11.0. The molecule has 2 aromatic carbocycles. The first-order chi connectivity index (χ1) is 15.5. The molecule has 1 saturated heterocycles. The SMILES string of the molecule is CCOc1cc(N2CCN(C(=O)NCc3cccc(C)c3)CC2)ccc1-n1cnc(C)n1. The van der Waals surface area contributed by atoms with Crippen LogP contribution in [0, 0.1) is 13.8 Å². The number of amides is 2. The summed E-state index contributed by atoms with van der Waals surface area (Å²) in [4.78, 5) is 21.0. The Bertz CT molecular complexity index is 1070. The van der Waals surface area contributed by atoms with Crippen LogP contribution in [0.1, 0.15) is 23.9 Å². The Balaban J connectivity index is 1.37. The van der Waals surface area contributed by atoms with Crippen molar-refractivity contribution < 1.29 is 9.53 Å². The highest BCUT2D eigenvalue weighted by atomic mass is 16.5. The summed E-state index contributed by atoms with van der Waals surface area (Å²) in [5.41, 5.74) is 4.25. The van der Waals surface area contributed by atoms with Crippen molar-refractivity contribution in [3.63, 3.8) is 0 Å². The number of rotatable bonds is 6. The normalized spacial score (nSPS) is 13.8. The van der Waals surface area contributed by atoms with Crippen molar-refractivity contribution in [3.05, 3.63) is 65.7 Å². The smallest absolute Gasteiger partial charge is 0.317 e. The van der Waals surface area contributed by atoms with Crippen molar-refractivity contribution in [1.82, 2.24) is 25.0 Å². The number of anilines is 1. The topological polar surface area (TPSA) is 75.5 Å². The number of urea groups is 1. The molecule has 0 spiro atoms. The van der Waals surface area contributed by atoms with E-state index in [0.717, 1.165) is 35.8 Å². The summed E-state index contributed by atoms with van der Waals surface area (Å²) in [5.74, 6) is 1.49. The molecule has 2 heterocycles. The van der Waals surface area contributed by atoms with Gasteiger partial charge in [0.25, 0.3) is 0 Å². The number of aryl methyl sites for hydroxylation is 2. The Morgan fingerprint density at radius 3 is 2.59 bits per heavy atom. The Morgan fingerprint density at radius 2 is 1.91 bits per heavy atom. The van der Waals surface area contributed by atoms with Gasteiger partial charge in [0.1, 0.15) is 23.6 Å². The molecular formula is C24H30N6O2. The molecule has 8 nitrogen and oxygen atoms in total. The van der Waals surface area contributed by atoms with Crippen molar-refractivity contribution in [2.75, 3.05) is 37.7 Å². The summed E-state index contributed by atoms with van der Waals surface area (Å²) in [5, 5.41) is 7.44.